The van der Waals surface area contributed by atoms with Crippen LogP contribution >= 0.6 is 11.8 Å². The van der Waals surface area contributed by atoms with Gasteiger partial charge < -0.3 is 0 Å². The van der Waals surface area contributed by atoms with Crippen LogP contribution in [-0.4, -0.2) is 34.4 Å². The number of benzene rings is 2. The van der Waals surface area contributed by atoms with Crippen LogP contribution < -0.4 is 0 Å². The second-order valence-corrected chi connectivity index (χ2v) is 8.09. The molecule has 0 N–H and O–H groups in total. The second-order valence-electron chi connectivity index (χ2n) is 5.07. The highest BCUT2D eigenvalue weighted by atomic mass is 32.2. The van der Waals surface area contributed by atoms with Gasteiger partial charge in [0.1, 0.15) is 6.33 Å². The quantitative estimate of drug-likeness (QED) is 0.497. The van der Waals surface area contributed by atoms with E-state index >= 15 is 0 Å². The minimum absolute atomic E-state index is 0.105. The van der Waals surface area contributed by atoms with Gasteiger partial charge in [0, 0.05) is 12.3 Å². The highest BCUT2D eigenvalue weighted by Gasteiger charge is 2.20. The Morgan fingerprint density at radius 3 is 2.52 bits per heavy atom. The lowest BCUT2D eigenvalue weighted by Gasteiger charge is -2.03. The first kappa shape index (κ1) is 17.1. The Morgan fingerprint density at radius 2 is 1.88 bits per heavy atom. The summed E-state index contributed by atoms with van der Waals surface area (Å²) in [7, 11) is -3.53. The van der Waals surface area contributed by atoms with E-state index in [0.717, 1.165) is 29.8 Å². The van der Waals surface area contributed by atoms with Crippen LogP contribution in [0.25, 0.3) is 5.69 Å². The first-order valence-corrected chi connectivity index (χ1v) is 9.69. The molecule has 0 radical (unpaired) electrons. The van der Waals surface area contributed by atoms with Crippen LogP contribution in [0, 0.1) is 10.1 Å². The van der Waals surface area contributed by atoms with Crippen molar-refractivity contribution in [3.05, 3.63) is 65.0 Å². The van der Waals surface area contributed by atoms with E-state index in [4.69, 9.17) is 0 Å². The van der Waals surface area contributed by atoms with Crippen molar-refractivity contribution in [1.29, 1.82) is 0 Å². The molecule has 0 atom stereocenters. The van der Waals surface area contributed by atoms with Crippen LogP contribution in [0.3, 0.4) is 0 Å². The smallest absolute Gasteiger partial charge is 0.258 e. The molecule has 0 aliphatic heterocycles. The number of rotatable bonds is 5. The van der Waals surface area contributed by atoms with Crippen LogP contribution in [0.2, 0.25) is 0 Å². The van der Waals surface area contributed by atoms with Crippen molar-refractivity contribution < 1.29 is 13.3 Å². The third kappa shape index (κ3) is 3.86. The second kappa shape index (κ2) is 6.65. The zero-order valence-electron chi connectivity index (χ0n) is 12.9. The van der Waals surface area contributed by atoms with Crippen molar-refractivity contribution in [2.45, 2.75) is 14.9 Å². The van der Waals surface area contributed by atoms with E-state index in [2.05, 4.69) is 10.1 Å². The lowest BCUT2D eigenvalue weighted by molar-refractivity contribution is -0.388. The number of nitro benzene ring substituents is 1. The molecule has 25 heavy (non-hydrogen) atoms. The number of nitro groups is 1. The highest BCUT2D eigenvalue weighted by Crippen LogP contribution is 2.34. The van der Waals surface area contributed by atoms with Gasteiger partial charge in [-0.3, -0.25) is 10.1 Å². The fourth-order valence-electron chi connectivity index (χ4n) is 2.05. The Morgan fingerprint density at radius 1 is 1.16 bits per heavy atom. The van der Waals surface area contributed by atoms with Crippen molar-refractivity contribution in [1.82, 2.24) is 14.8 Å². The number of aromatic nitrogens is 3. The molecule has 0 spiro atoms. The first-order valence-electron chi connectivity index (χ1n) is 6.98. The van der Waals surface area contributed by atoms with E-state index < -0.39 is 14.8 Å². The molecule has 0 amide bonds. The summed E-state index contributed by atoms with van der Waals surface area (Å²) in [5.74, 6) is 0. The predicted molar refractivity (Wildman–Crippen MR) is 91.7 cm³/mol. The summed E-state index contributed by atoms with van der Waals surface area (Å²) in [6.07, 6.45) is 2.51. The Bertz CT molecular complexity index is 1030. The highest BCUT2D eigenvalue weighted by molar-refractivity contribution is 7.99. The van der Waals surface area contributed by atoms with Gasteiger partial charge in [0.2, 0.25) is 5.16 Å². The number of sulfone groups is 1. The maximum Gasteiger partial charge on any atom is 0.284 e. The Kier molecular flexibility index (Phi) is 4.55. The summed E-state index contributed by atoms with van der Waals surface area (Å²) in [4.78, 5) is 14.9. The van der Waals surface area contributed by atoms with Crippen molar-refractivity contribution in [3.8, 4) is 5.69 Å². The SMILES string of the molecule is CS(=O)(=O)c1ccc(Sc2ncn(-c3ccccc3)n2)c([N+](=O)[O-])c1. The lowest BCUT2D eigenvalue weighted by atomic mass is 10.3. The van der Waals surface area contributed by atoms with Gasteiger partial charge in [-0.05, 0) is 36.0 Å². The Labute approximate surface area is 147 Å². The summed E-state index contributed by atoms with van der Waals surface area (Å²) in [5, 5.41) is 15.9. The Balaban J connectivity index is 1.93. The molecule has 0 aliphatic carbocycles. The number of hydrogen-bond donors (Lipinski definition) is 0. The molecule has 0 saturated heterocycles. The van der Waals surface area contributed by atoms with E-state index in [0.29, 0.717) is 5.16 Å². The molecule has 0 aliphatic rings. The number of para-hydroxylation sites is 1. The topological polar surface area (TPSA) is 108 Å². The molecule has 0 fully saturated rings. The largest absolute Gasteiger partial charge is 0.284 e. The van der Waals surface area contributed by atoms with Crippen LogP contribution in [0.5, 0.6) is 0 Å². The molecule has 0 bridgehead atoms. The van der Waals surface area contributed by atoms with Crippen molar-refractivity contribution in [2.75, 3.05) is 6.26 Å². The summed E-state index contributed by atoms with van der Waals surface area (Å²) < 4.78 is 24.7. The van der Waals surface area contributed by atoms with Crippen molar-refractivity contribution >= 4 is 27.3 Å². The molecule has 10 heteroatoms. The van der Waals surface area contributed by atoms with E-state index in [1.165, 1.54) is 18.5 Å². The predicted octanol–water partition coefficient (Wildman–Crippen LogP) is 2.73. The van der Waals surface area contributed by atoms with Crippen LogP contribution in [-0.2, 0) is 9.84 Å². The van der Waals surface area contributed by atoms with Gasteiger partial charge in [-0.2, -0.15) is 0 Å². The molecular formula is C15H12N4O4S2. The van der Waals surface area contributed by atoms with Gasteiger partial charge in [-0.1, -0.05) is 18.2 Å². The van der Waals surface area contributed by atoms with E-state index in [9.17, 15) is 18.5 Å². The Hall–Kier alpha value is -2.72. The van der Waals surface area contributed by atoms with Crippen LogP contribution in [0.4, 0.5) is 5.69 Å². The third-order valence-corrected chi connectivity index (χ3v) is 5.29. The molecular weight excluding hydrogens is 364 g/mol. The number of nitrogens with zero attached hydrogens (tertiary/aromatic N) is 4. The maximum atomic E-state index is 11.6. The fraction of sp³-hybridized carbons (Fsp3) is 0.0667. The maximum absolute atomic E-state index is 11.6. The number of hydrogen-bond acceptors (Lipinski definition) is 7. The van der Waals surface area contributed by atoms with Gasteiger partial charge >= 0.3 is 0 Å². The minimum atomic E-state index is -3.53. The minimum Gasteiger partial charge on any atom is -0.258 e. The van der Waals surface area contributed by atoms with E-state index in [1.807, 2.05) is 30.3 Å². The average molecular weight is 376 g/mol. The van der Waals surface area contributed by atoms with Crippen molar-refractivity contribution in [2.24, 2.45) is 0 Å². The summed E-state index contributed by atoms with van der Waals surface area (Å²) in [6, 6.07) is 13.1. The van der Waals surface area contributed by atoms with E-state index in [1.54, 1.807) is 4.68 Å². The molecule has 8 nitrogen and oxygen atoms in total. The zero-order valence-corrected chi connectivity index (χ0v) is 14.6. The monoisotopic (exact) mass is 376 g/mol. The summed E-state index contributed by atoms with van der Waals surface area (Å²) in [5.41, 5.74) is 0.507. The summed E-state index contributed by atoms with van der Waals surface area (Å²) >= 11 is 0.998. The molecule has 128 valence electrons. The van der Waals surface area contributed by atoms with Gasteiger partial charge in [0.15, 0.2) is 9.84 Å². The lowest BCUT2D eigenvalue weighted by Crippen LogP contribution is -2.00. The molecule has 2 aromatic carbocycles. The van der Waals surface area contributed by atoms with Gasteiger partial charge in [0.05, 0.1) is 20.4 Å². The normalized spacial score (nSPS) is 11.4. The standard InChI is InChI=1S/C15H12N4O4S2/c1-25(22,23)12-7-8-14(13(9-12)19(20)21)24-15-16-10-18(17-15)11-5-3-2-4-6-11/h2-10H,1H3. The molecule has 0 saturated carbocycles. The van der Waals surface area contributed by atoms with Gasteiger partial charge in [0.25, 0.3) is 5.69 Å². The van der Waals surface area contributed by atoms with Crippen LogP contribution in [0.1, 0.15) is 0 Å². The first-order chi connectivity index (χ1) is 11.8. The molecule has 3 rings (SSSR count). The fourth-order valence-corrected chi connectivity index (χ4v) is 3.50. The van der Waals surface area contributed by atoms with Gasteiger partial charge in [-0.15, -0.1) is 5.10 Å². The van der Waals surface area contributed by atoms with Crippen molar-refractivity contribution in [3.63, 3.8) is 0 Å². The molecule has 0 unspecified atom stereocenters. The molecule has 1 aromatic heterocycles. The molecule has 1 heterocycles. The zero-order chi connectivity index (χ0) is 18.0. The van der Waals surface area contributed by atoms with Gasteiger partial charge in [-0.25, -0.2) is 18.1 Å². The van der Waals surface area contributed by atoms with Crippen LogP contribution in [0.15, 0.2) is 69.8 Å². The summed E-state index contributed by atoms with van der Waals surface area (Å²) in [6.45, 7) is 0. The molecule has 3 aromatic rings. The van der Waals surface area contributed by atoms with E-state index in [-0.39, 0.29) is 15.5 Å². The average Bonchev–Trinajstić information content (AvgIpc) is 3.03. The third-order valence-electron chi connectivity index (χ3n) is 3.25.